The molecule has 0 saturated heterocycles. The van der Waals surface area contributed by atoms with Crippen LogP contribution >= 0.6 is 0 Å². The maximum atomic E-state index is 12.7. The first-order valence-electron chi connectivity index (χ1n) is 7.26. The zero-order valence-electron chi connectivity index (χ0n) is 13.2. The van der Waals surface area contributed by atoms with Crippen molar-refractivity contribution in [3.05, 3.63) is 74.3 Å². The Morgan fingerprint density at radius 1 is 1.25 bits per heavy atom. The molecule has 0 aliphatic heterocycles. The summed E-state index contributed by atoms with van der Waals surface area (Å²) in [4.78, 5) is 27.3. The molecule has 3 rings (SSSR count). The van der Waals surface area contributed by atoms with Gasteiger partial charge in [-0.05, 0) is 19.1 Å². The number of hydrogen-bond donors (Lipinski definition) is 0. The molecule has 0 spiro atoms. The molecule has 7 heteroatoms. The number of nitro benzene ring substituents is 1. The molecule has 3 aromatic rings. The Morgan fingerprint density at radius 2 is 2.04 bits per heavy atom. The SMILES string of the molecule is COc1ccc(C)cc1Cn1cnc2ccc([N+](=O)[O-])cc2c1=O. The number of nitro groups is 1. The number of non-ortho nitro benzene ring substituents is 1. The van der Waals surface area contributed by atoms with E-state index in [-0.39, 0.29) is 23.2 Å². The smallest absolute Gasteiger partial charge is 0.270 e. The van der Waals surface area contributed by atoms with E-state index >= 15 is 0 Å². The number of benzene rings is 2. The van der Waals surface area contributed by atoms with E-state index in [1.54, 1.807) is 7.11 Å². The molecule has 0 aliphatic rings. The van der Waals surface area contributed by atoms with Crippen molar-refractivity contribution < 1.29 is 9.66 Å². The number of rotatable bonds is 4. The summed E-state index contributed by atoms with van der Waals surface area (Å²) in [5.74, 6) is 0.673. The number of aromatic nitrogens is 2. The summed E-state index contributed by atoms with van der Waals surface area (Å²) in [6.45, 7) is 2.23. The van der Waals surface area contributed by atoms with E-state index in [0.717, 1.165) is 11.1 Å². The van der Waals surface area contributed by atoms with E-state index in [0.29, 0.717) is 11.3 Å². The molecule has 24 heavy (non-hydrogen) atoms. The predicted octanol–water partition coefficient (Wildman–Crippen LogP) is 2.67. The van der Waals surface area contributed by atoms with Crippen LogP contribution in [0.4, 0.5) is 5.69 Å². The van der Waals surface area contributed by atoms with Crippen molar-refractivity contribution in [3.63, 3.8) is 0 Å². The Morgan fingerprint density at radius 3 is 2.75 bits per heavy atom. The number of hydrogen-bond acceptors (Lipinski definition) is 5. The Labute approximate surface area is 137 Å². The molecule has 0 amide bonds. The molecule has 0 saturated carbocycles. The average molecular weight is 325 g/mol. The van der Waals surface area contributed by atoms with Gasteiger partial charge in [0, 0.05) is 17.7 Å². The minimum atomic E-state index is -0.528. The third-order valence-corrected chi connectivity index (χ3v) is 3.80. The van der Waals surface area contributed by atoms with Gasteiger partial charge in [-0.2, -0.15) is 0 Å². The van der Waals surface area contributed by atoms with Crippen LogP contribution in [0.3, 0.4) is 0 Å². The molecule has 1 heterocycles. The van der Waals surface area contributed by atoms with E-state index in [4.69, 9.17) is 4.74 Å². The zero-order valence-corrected chi connectivity index (χ0v) is 13.2. The summed E-state index contributed by atoms with van der Waals surface area (Å²) in [5.41, 5.74) is 1.85. The second-order valence-corrected chi connectivity index (χ2v) is 5.45. The largest absolute Gasteiger partial charge is 0.496 e. The van der Waals surface area contributed by atoms with Crippen LogP contribution in [0, 0.1) is 17.0 Å². The van der Waals surface area contributed by atoms with E-state index in [1.165, 1.54) is 29.1 Å². The summed E-state index contributed by atoms with van der Waals surface area (Å²) in [6, 6.07) is 9.77. The molecule has 0 bridgehead atoms. The quantitative estimate of drug-likeness (QED) is 0.543. The molecule has 122 valence electrons. The van der Waals surface area contributed by atoms with Crippen molar-refractivity contribution in [3.8, 4) is 5.75 Å². The third-order valence-electron chi connectivity index (χ3n) is 3.80. The van der Waals surface area contributed by atoms with Crippen molar-refractivity contribution in [1.82, 2.24) is 9.55 Å². The lowest BCUT2D eigenvalue weighted by atomic mass is 10.1. The highest BCUT2D eigenvalue weighted by Gasteiger charge is 2.12. The number of fused-ring (bicyclic) bond motifs is 1. The lowest BCUT2D eigenvalue weighted by Gasteiger charge is -2.11. The van der Waals surface area contributed by atoms with Gasteiger partial charge >= 0.3 is 0 Å². The normalized spacial score (nSPS) is 10.8. The standard InChI is InChI=1S/C17H15N3O4/c1-11-3-6-16(24-2)12(7-11)9-19-10-18-15-5-4-13(20(22)23)8-14(15)17(19)21/h3-8,10H,9H2,1-2H3. The van der Waals surface area contributed by atoms with Crippen molar-refractivity contribution >= 4 is 16.6 Å². The number of aryl methyl sites for hydroxylation is 1. The van der Waals surface area contributed by atoms with Gasteiger partial charge in [0.25, 0.3) is 11.2 Å². The highest BCUT2D eigenvalue weighted by atomic mass is 16.6. The van der Waals surface area contributed by atoms with Gasteiger partial charge in [-0.3, -0.25) is 19.5 Å². The predicted molar refractivity (Wildman–Crippen MR) is 89.5 cm³/mol. The first-order chi connectivity index (χ1) is 11.5. The maximum absolute atomic E-state index is 12.7. The minimum absolute atomic E-state index is 0.132. The monoisotopic (exact) mass is 325 g/mol. The Kier molecular flexibility index (Phi) is 3.99. The van der Waals surface area contributed by atoms with Crippen LogP contribution in [0.5, 0.6) is 5.75 Å². The molecule has 0 aliphatic carbocycles. The summed E-state index contributed by atoms with van der Waals surface area (Å²) in [6.07, 6.45) is 1.44. The summed E-state index contributed by atoms with van der Waals surface area (Å²) < 4.78 is 6.75. The Balaban J connectivity index is 2.11. The first kappa shape index (κ1) is 15.7. The second-order valence-electron chi connectivity index (χ2n) is 5.45. The first-order valence-corrected chi connectivity index (χ1v) is 7.26. The Hall–Kier alpha value is -3.22. The van der Waals surface area contributed by atoms with E-state index in [1.807, 2.05) is 25.1 Å². The zero-order chi connectivity index (χ0) is 17.3. The molecule has 2 aromatic carbocycles. The fraction of sp³-hybridized carbons (Fsp3) is 0.176. The van der Waals surface area contributed by atoms with Crippen LogP contribution in [-0.4, -0.2) is 21.6 Å². The van der Waals surface area contributed by atoms with Gasteiger partial charge in [0.15, 0.2) is 0 Å². The molecular weight excluding hydrogens is 310 g/mol. The summed E-state index contributed by atoms with van der Waals surface area (Å²) in [5, 5.41) is 11.1. The van der Waals surface area contributed by atoms with Gasteiger partial charge in [0.1, 0.15) is 5.75 Å². The van der Waals surface area contributed by atoms with Gasteiger partial charge in [-0.25, -0.2) is 4.98 Å². The van der Waals surface area contributed by atoms with Crippen LogP contribution < -0.4 is 10.3 Å². The van der Waals surface area contributed by atoms with Gasteiger partial charge < -0.3 is 4.74 Å². The summed E-state index contributed by atoms with van der Waals surface area (Å²) >= 11 is 0. The van der Waals surface area contributed by atoms with E-state index < -0.39 is 4.92 Å². The van der Waals surface area contributed by atoms with Crippen LogP contribution in [0.2, 0.25) is 0 Å². The molecular formula is C17H15N3O4. The molecule has 0 N–H and O–H groups in total. The van der Waals surface area contributed by atoms with Crippen molar-refractivity contribution in [2.75, 3.05) is 7.11 Å². The van der Waals surface area contributed by atoms with E-state index in [2.05, 4.69) is 4.98 Å². The van der Waals surface area contributed by atoms with Crippen molar-refractivity contribution in [1.29, 1.82) is 0 Å². The second kappa shape index (κ2) is 6.11. The van der Waals surface area contributed by atoms with Gasteiger partial charge in [-0.1, -0.05) is 17.7 Å². The lowest BCUT2D eigenvalue weighted by molar-refractivity contribution is -0.384. The number of ether oxygens (including phenoxy) is 1. The Bertz CT molecular complexity index is 995. The van der Waals surface area contributed by atoms with Crippen molar-refractivity contribution in [2.45, 2.75) is 13.5 Å². The number of methoxy groups -OCH3 is 1. The fourth-order valence-corrected chi connectivity index (χ4v) is 2.59. The van der Waals surface area contributed by atoms with Gasteiger partial charge in [0.2, 0.25) is 0 Å². The van der Waals surface area contributed by atoms with Crippen molar-refractivity contribution in [2.24, 2.45) is 0 Å². The van der Waals surface area contributed by atoms with Crippen LogP contribution in [0.1, 0.15) is 11.1 Å². The maximum Gasteiger partial charge on any atom is 0.270 e. The highest BCUT2D eigenvalue weighted by molar-refractivity contribution is 5.79. The summed E-state index contributed by atoms with van der Waals surface area (Å²) in [7, 11) is 1.57. The third kappa shape index (κ3) is 2.83. The van der Waals surface area contributed by atoms with Gasteiger partial charge in [0.05, 0.1) is 35.8 Å². The topological polar surface area (TPSA) is 87.3 Å². The van der Waals surface area contributed by atoms with Crippen LogP contribution in [0.25, 0.3) is 10.9 Å². The molecule has 0 fully saturated rings. The molecule has 0 radical (unpaired) electrons. The van der Waals surface area contributed by atoms with Gasteiger partial charge in [-0.15, -0.1) is 0 Å². The fourth-order valence-electron chi connectivity index (χ4n) is 2.59. The molecule has 7 nitrogen and oxygen atoms in total. The highest BCUT2D eigenvalue weighted by Crippen LogP contribution is 2.21. The van der Waals surface area contributed by atoms with Crippen LogP contribution in [-0.2, 0) is 6.54 Å². The molecule has 0 unspecified atom stereocenters. The van der Waals surface area contributed by atoms with Crippen LogP contribution in [0.15, 0.2) is 47.5 Å². The van der Waals surface area contributed by atoms with E-state index in [9.17, 15) is 14.9 Å². The molecule has 1 aromatic heterocycles. The number of nitrogens with zero attached hydrogens (tertiary/aromatic N) is 3. The molecule has 0 atom stereocenters. The lowest BCUT2D eigenvalue weighted by Crippen LogP contribution is -2.21. The average Bonchev–Trinajstić information content (AvgIpc) is 2.57. The minimum Gasteiger partial charge on any atom is -0.496 e.